The number of amides is 1. The van der Waals surface area contributed by atoms with Crippen LogP contribution in [0.15, 0.2) is 11.5 Å². The molecule has 1 atom stereocenters. The summed E-state index contributed by atoms with van der Waals surface area (Å²) >= 11 is 0. The summed E-state index contributed by atoms with van der Waals surface area (Å²) in [6.45, 7) is 0.137. The van der Waals surface area contributed by atoms with Gasteiger partial charge in [-0.25, -0.2) is 0 Å². The molecule has 0 aliphatic heterocycles. The van der Waals surface area contributed by atoms with Crippen LogP contribution in [-0.2, 0) is 22.1 Å². The number of aromatic nitrogens is 3. The maximum Gasteiger partial charge on any atom is 0.240 e. The van der Waals surface area contributed by atoms with Crippen LogP contribution in [0, 0.1) is 0 Å². The molecular weight excluding hydrogens is 276 g/mol. The third kappa shape index (κ3) is 4.40. The van der Waals surface area contributed by atoms with Crippen molar-refractivity contribution >= 4 is 16.7 Å². The average Bonchev–Trinajstić information content (AvgIpc) is 2.80. The lowest BCUT2D eigenvalue weighted by Gasteiger charge is -2.21. The average molecular weight is 298 g/mol. The number of nitrogens with one attached hydrogen (secondary N) is 1. The van der Waals surface area contributed by atoms with Gasteiger partial charge in [0.1, 0.15) is 12.9 Å². The highest BCUT2D eigenvalue weighted by Gasteiger charge is 2.16. The minimum absolute atomic E-state index is 0.0536. The number of carbonyl (C=O) groups excluding carboxylic acids is 1. The Bertz CT molecular complexity index is 467. The number of hydrogen-bond acceptors (Lipinski definition) is 4. The molecule has 2 rings (SSSR count). The summed E-state index contributed by atoms with van der Waals surface area (Å²) < 4.78 is 13.0. The lowest BCUT2D eigenvalue weighted by molar-refractivity contribution is -0.122. The molecule has 1 amide bonds. The van der Waals surface area contributed by atoms with Gasteiger partial charge in [0.05, 0.1) is 10.8 Å². The molecule has 20 heavy (non-hydrogen) atoms. The zero-order valence-electron chi connectivity index (χ0n) is 11.9. The second-order valence-corrected chi connectivity index (χ2v) is 6.58. The van der Waals surface area contributed by atoms with Gasteiger partial charge in [0.25, 0.3) is 0 Å². The Balaban J connectivity index is 1.87. The number of rotatable bonds is 4. The molecular formula is C13H22N4O2S. The fourth-order valence-corrected chi connectivity index (χ4v) is 3.21. The Morgan fingerprint density at radius 3 is 2.65 bits per heavy atom. The Labute approximate surface area is 121 Å². The zero-order chi connectivity index (χ0) is 14.4. The van der Waals surface area contributed by atoms with Crippen molar-refractivity contribution in [1.29, 1.82) is 0 Å². The summed E-state index contributed by atoms with van der Waals surface area (Å²) in [6, 6.07) is 0.273. The monoisotopic (exact) mass is 298 g/mol. The lowest BCUT2D eigenvalue weighted by Crippen LogP contribution is -2.37. The van der Waals surface area contributed by atoms with Gasteiger partial charge in [-0.15, -0.1) is 10.2 Å². The minimum atomic E-state index is -1.23. The first-order valence-electron chi connectivity index (χ1n) is 7.17. The van der Waals surface area contributed by atoms with E-state index in [4.69, 9.17) is 0 Å². The molecule has 112 valence electrons. The summed E-state index contributed by atoms with van der Waals surface area (Å²) in [5, 5.41) is 10.9. The largest absolute Gasteiger partial charge is 0.352 e. The molecule has 6 nitrogen and oxygen atoms in total. The lowest BCUT2D eigenvalue weighted by atomic mass is 9.97. The molecule has 0 saturated heterocycles. The van der Waals surface area contributed by atoms with Crippen LogP contribution in [0.1, 0.15) is 44.9 Å². The third-order valence-electron chi connectivity index (χ3n) is 3.62. The Hall–Kier alpha value is -1.24. The van der Waals surface area contributed by atoms with Gasteiger partial charge in [0, 0.05) is 12.3 Å². The maximum atomic E-state index is 12.1. The Kier molecular flexibility index (Phi) is 5.70. The standard InChI is InChI=1S/C13H22N4O2S/c1-20(19)13-16-14-10-17(13)9-12(18)15-11-7-5-3-2-4-6-8-11/h10-11H,2-9H2,1H3,(H,15,18). The van der Waals surface area contributed by atoms with Gasteiger partial charge >= 0.3 is 0 Å². The first-order valence-corrected chi connectivity index (χ1v) is 8.73. The van der Waals surface area contributed by atoms with E-state index in [1.807, 2.05) is 0 Å². The predicted molar refractivity (Wildman–Crippen MR) is 76.6 cm³/mol. The molecule has 1 heterocycles. The SMILES string of the molecule is CS(=O)c1nncn1CC(=O)NC1CCCCCCC1. The van der Waals surface area contributed by atoms with Crippen molar-refractivity contribution in [3.63, 3.8) is 0 Å². The molecule has 1 aromatic rings. The Morgan fingerprint density at radius 1 is 1.35 bits per heavy atom. The highest BCUT2D eigenvalue weighted by Crippen LogP contribution is 2.17. The maximum absolute atomic E-state index is 12.1. The van der Waals surface area contributed by atoms with Crippen LogP contribution < -0.4 is 5.32 Å². The van der Waals surface area contributed by atoms with Crippen LogP contribution >= 0.6 is 0 Å². The van der Waals surface area contributed by atoms with Gasteiger partial charge in [-0.1, -0.05) is 32.1 Å². The van der Waals surface area contributed by atoms with Crippen LogP contribution in [0.3, 0.4) is 0 Å². The first kappa shape index (κ1) is 15.2. The van der Waals surface area contributed by atoms with E-state index in [2.05, 4.69) is 15.5 Å². The summed E-state index contributed by atoms with van der Waals surface area (Å²) in [6.07, 6.45) is 11.3. The van der Waals surface area contributed by atoms with Gasteiger partial charge in [0.2, 0.25) is 11.1 Å². The van der Waals surface area contributed by atoms with Gasteiger partial charge in [-0.2, -0.15) is 0 Å². The van der Waals surface area contributed by atoms with E-state index < -0.39 is 10.8 Å². The quantitative estimate of drug-likeness (QED) is 0.907. The van der Waals surface area contributed by atoms with Crippen molar-refractivity contribution in [3.8, 4) is 0 Å². The van der Waals surface area contributed by atoms with Crippen molar-refractivity contribution in [2.24, 2.45) is 0 Å². The molecule has 0 spiro atoms. The van der Waals surface area contributed by atoms with Crippen molar-refractivity contribution in [1.82, 2.24) is 20.1 Å². The van der Waals surface area contributed by atoms with Crippen molar-refractivity contribution < 1.29 is 9.00 Å². The second-order valence-electron chi connectivity index (χ2n) is 5.31. The highest BCUT2D eigenvalue weighted by atomic mass is 32.2. The van der Waals surface area contributed by atoms with E-state index >= 15 is 0 Å². The Morgan fingerprint density at radius 2 is 2.00 bits per heavy atom. The van der Waals surface area contributed by atoms with Crippen LogP contribution in [0.2, 0.25) is 0 Å². The zero-order valence-corrected chi connectivity index (χ0v) is 12.7. The molecule has 1 saturated carbocycles. The summed E-state index contributed by atoms with van der Waals surface area (Å²) in [4.78, 5) is 12.1. The number of hydrogen-bond donors (Lipinski definition) is 1. The van der Waals surface area contributed by atoms with Crippen molar-refractivity contribution in [3.05, 3.63) is 6.33 Å². The van der Waals surface area contributed by atoms with Gasteiger partial charge in [-0.05, 0) is 12.8 Å². The van der Waals surface area contributed by atoms with Gasteiger partial charge in [0.15, 0.2) is 0 Å². The molecule has 0 radical (unpaired) electrons. The van der Waals surface area contributed by atoms with E-state index in [9.17, 15) is 9.00 Å². The fourth-order valence-electron chi connectivity index (χ4n) is 2.60. The molecule has 1 aliphatic rings. The molecule has 1 N–H and O–H groups in total. The van der Waals surface area contributed by atoms with E-state index in [1.54, 1.807) is 4.57 Å². The molecule has 1 aromatic heterocycles. The van der Waals surface area contributed by atoms with E-state index in [0.29, 0.717) is 5.16 Å². The molecule has 0 bridgehead atoms. The van der Waals surface area contributed by atoms with Crippen molar-refractivity contribution in [2.45, 2.75) is 62.7 Å². The molecule has 7 heteroatoms. The topological polar surface area (TPSA) is 76.9 Å². The van der Waals surface area contributed by atoms with E-state index in [1.165, 1.54) is 44.7 Å². The third-order valence-corrected chi connectivity index (χ3v) is 4.45. The molecule has 1 fully saturated rings. The second kappa shape index (κ2) is 7.52. The van der Waals surface area contributed by atoms with Crippen LogP contribution in [0.5, 0.6) is 0 Å². The van der Waals surface area contributed by atoms with E-state index in [-0.39, 0.29) is 18.5 Å². The number of carbonyl (C=O) groups is 1. The summed E-state index contributed by atoms with van der Waals surface area (Å²) in [5.41, 5.74) is 0. The van der Waals surface area contributed by atoms with Gasteiger partial charge in [-0.3, -0.25) is 13.6 Å². The fraction of sp³-hybridized carbons (Fsp3) is 0.769. The first-order chi connectivity index (χ1) is 9.66. The van der Waals surface area contributed by atoms with Crippen LogP contribution in [0.25, 0.3) is 0 Å². The van der Waals surface area contributed by atoms with E-state index in [0.717, 1.165) is 12.8 Å². The molecule has 0 aromatic carbocycles. The molecule has 1 unspecified atom stereocenters. The normalized spacial score (nSPS) is 19.1. The van der Waals surface area contributed by atoms with Crippen LogP contribution in [0.4, 0.5) is 0 Å². The minimum Gasteiger partial charge on any atom is -0.352 e. The smallest absolute Gasteiger partial charge is 0.240 e. The summed E-state index contributed by atoms with van der Waals surface area (Å²) in [5.74, 6) is -0.0536. The predicted octanol–water partition coefficient (Wildman–Crippen LogP) is 1.24. The highest BCUT2D eigenvalue weighted by molar-refractivity contribution is 7.84. The van der Waals surface area contributed by atoms with Gasteiger partial charge < -0.3 is 5.32 Å². The van der Waals surface area contributed by atoms with Crippen molar-refractivity contribution in [2.75, 3.05) is 6.26 Å². The molecule has 1 aliphatic carbocycles. The number of nitrogens with zero attached hydrogens (tertiary/aromatic N) is 3. The summed E-state index contributed by atoms with van der Waals surface area (Å²) in [7, 11) is -1.23. The van der Waals surface area contributed by atoms with Crippen LogP contribution in [-0.4, -0.2) is 37.2 Å².